The molecule has 3 aromatic heterocycles. The first-order chi connectivity index (χ1) is 12.9. The molecule has 0 bridgehead atoms. The van der Waals surface area contributed by atoms with Crippen LogP contribution in [0.3, 0.4) is 0 Å². The first kappa shape index (κ1) is 16.8. The van der Waals surface area contributed by atoms with Crippen molar-refractivity contribution in [2.75, 3.05) is 0 Å². The Bertz CT molecular complexity index is 1340. The van der Waals surface area contributed by atoms with Crippen molar-refractivity contribution in [1.82, 2.24) is 23.7 Å². The number of aryl methyl sites for hydroxylation is 2. The number of aromatic amines is 1. The van der Waals surface area contributed by atoms with Gasteiger partial charge in [-0.2, -0.15) is 4.98 Å². The van der Waals surface area contributed by atoms with Gasteiger partial charge in [-0.3, -0.25) is 13.9 Å². The van der Waals surface area contributed by atoms with Gasteiger partial charge >= 0.3 is 5.69 Å². The molecule has 3 heterocycles. The Morgan fingerprint density at radius 1 is 1.15 bits per heavy atom. The maximum atomic E-state index is 12.5. The van der Waals surface area contributed by atoms with Crippen molar-refractivity contribution in [3.8, 4) is 5.88 Å². The van der Waals surface area contributed by atoms with E-state index < -0.39 is 11.2 Å². The lowest BCUT2D eigenvalue weighted by Gasteiger charge is -2.04. The van der Waals surface area contributed by atoms with Gasteiger partial charge in [0.1, 0.15) is 0 Å². The fourth-order valence-electron chi connectivity index (χ4n) is 3.12. The molecule has 0 unspecified atom stereocenters. The van der Waals surface area contributed by atoms with Gasteiger partial charge in [0.05, 0.1) is 5.52 Å². The zero-order valence-corrected chi connectivity index (χ0v) is 15.0. The molecule has 0 aliphatic rings. The standard InChI is InChI=1S/C17H17N7O3/c1-4-24-12-13(22(2)17(27)23(3)15(12)26)19-16(24)21-20-11-9-7-5-6-8-10(9)18-14(11)25/h5-8,18,25H,4H2,1-3H3. The van der Waals surface area contributed by atoms with E-state index in [-0.39, 0.29) is 28.7 Å². The van der Waals surface area contributed by atoms with Gasteiger partial charge < -0.3 is 14.7 Å². The van der Waals surface area contributed by atoms with Crippen molar-refractivity contribution in [2.45, 2.75) is 13.5 Å². The molecule has 4 rings (SSSR count). The highest BCUT2D eigenvalue weighted by Crippen LogP contribution is 2.36. The van der Waals surface area contributed by atoms with Crippen LogP contribution in [0.25, 0.3) is 22.1 Å². The summed E-state index contributed by atoms with van der Waals surface area (Å²) in [5.74, 6) is 0.0675. The minimum Gasteiger partial charge on any atom is -0.493 e. The predicted octanol–water partition coefficient (Wildman–Crippen LogP) is 2.06. The summed E-state index contributed by atoms with van der Waals surface area (Å²) in [6.45, 7) is 2.26. The van der Waals surface area contributed by atoms with Crippen molar-refractivity contribution in [2.24, 2.45) is 24.3 Å². The van der Waals surface area contributed by atoms with E-state index in [2.05, 4.69) is 20.2 Å². The molecule has 10 heteroatoms. The minimum absolute atomic E-state index is 0.109. The maximum absolute atomic E-state index is 12.5. The summed E-state index contributed by atoms with van der Waals surface area (Å²) in [4.78, 5) is 31.8. The molecule has 0 fully saturated rings. The van der Waals surface area contributed by atoms with Crippen molar-refractivity contribution in [1.29, 1.82) is 0 Å². The lowest BCUT2D eigenvalue weighted by atomic mass is 10.2. The third kappa shape index (κ3) is 2.37. The highest BCUT2D eigenvalue weighted by Gasteiger charge is 2.18. The molecule has 138 valence electrons. The molecule has 4 aromatic rings. The van der Waals surface area contributed by atoms with E-state index in [9.17, 15) is 14.7 Å². The van der Waals surface area contributed by atoms with E-state index in [1.165, 1.54) is 11.6 Å². The Labute approximate surface area is 152 Å². The predicted molar refractivity (Wildman–Crippen MR) is 100 cm³/mol. The average Bonchev–Trinajstić information content (AvgIpc) is 3.19. The molecule has 2 N–H and O–H groups in total. The molecule has 0 amide bonds. The fourth-order valence-corrected chi connectivity index (χ4v) is 3.12. The summed E-state index contributed by atoms with van der Waals surface area (Å²) in [5.41, 5.74) is 0.609. The van der Waals surface area contributed by atoms with E-state index in [4.69, 9.17) is 0 Å². The number of H-pyrrole nitrogens is 1. The van der Waals surface area contributed by atoms with Crippen LogP contribution in [-0.4, -0.2) is 28.8 Å². The van der Waals surface area contributed by atoms with Crippen LogP contribution in [0.15, 0.2) is 44.1 Å². The summed E-state index contributed by atoms with van der Waals surface area (Å²) >= 11 is 0. The van der Waals surface area contributed by atoms with Gasteiger partial charge in [0.15, 0.2) is 16.9 Å². The van der Waals surface area contributed by atoms with Gasteiger partial charge in [0.2, 0.25) is 5.88 Å². The van der Waals surface area contributed by atoms with Crippen molar-refractivity contribution < 1.29 is 5.11 Å². The SMILES string of the molecule is CCn1c(N=Nc2c(O)[nH]c3ccccc23)nc2c1c(=O)n(C)c(=O)n2C. The van der Waals surface area contributed by atoms with Crippen molar-refractivity contribution in [3.63, 3.8) is 0 Å². The number of aromatic hydroxyl groups is 1. The molecule has 0 saturated heterocycles. The molecule has 27 heavy (non-hydrogen) atoms. The number of rotatable bonds is 3. The van der Waals surface area contributed by atoms with Crippen LogP contribution in [0.5, 0.6) is 5.88 Å². The molecule has 0 aliphatic heterocycles. The van der Waals surface area contributed by atoms with E-state index in [1.807, 2.05) is 31.2 Å². The Morgan fingerprint density at radius 2 is 1.89 bits per heavy atom. The molecule has 10 nitrogen and oxygen atoms in total. The van der Waals surface area contributed by atoms with E-state index in [0.29, 0.717) is 11.9 Å². The van der Waals surface area contributed by atoms with E-state index >= 15 is 0 Å². The lowest BCUT2D eigenvalue weighted by Crippen LogP contribution is -2.37. The van der Waals surface area contributed by atoms with Crippen LogP contribution in [0, 0.1) is 0 Å². The molecule has 0 aliphatic carbocycles. The molecule has 0 saturated carbocycles. The number of fused-ring (bicyclic) bond motifs is 2. The number of benzene rings is 1. The van der Waals surface area contributed by atoms with Gasteiger partial charge in [0, 0.05) is 26.0 Å². The largest absolute Gasteiger partial charge is 0.493 e. The number of hydrogen-bond donors (Lipinski definition) is 2. The van der Waals surface area contributed by atoms with Crippen molar-refractivity contribution in [3.05, 3.63) is 45.1 Å². The second kappa shape index (κ2) is 5.94. The van der Waals surface area contributed by atoms with Gasteiger partial charge in [-0.15, -0.1) is 10.2 Å². The van der Waals surface area contributed by atoms with Gasteiger partial charge in [-0.05, 0) is 13.0 Å². The van der Waals surface area contributed by atoms with Crippen LogP contribution in [0.2, 0.25) is 0 Å². The summed E-state index contributed by atoms with van der Waals surface area (Å²) in [5, 5.41) is 19.1. The fraction of sp³-hybridized carbons (Fsp3) is 0.235. The average molecular weight is 367 g/mol. The Kier molecular flexibility index (Phi) is 3.69. The number of hydrogen-bond acceptors (Lipinski definition) is 6. The van der Waals surface area contributed by atoms with Gasteiger partial charge in [-0.25, -0.2) is 4.79 Å². The Hall–Kier alpha value is -3.69. The Balaban J connectivity index is 1.94. The quantitative estimate of drug-likeness (QED) is 0.538. The van der Waals surface area contributed by atoms with E-state index in [0.717, 1.165) is 10.1 Å². The smallest absolute Gasteiger partial charge is 0.332 e. The number of imidazole rings is 1. The van der Waals surface area contributed by atoms with Crippen LogP contribution < -0.4 is 11.2 Å². The molecule has 1 aromatic carbocycles. The first-order valence-corrected chi connectivity index (χ1v) is 8.31. The third-order valence-corrected chi connectivity index (χ3v) is 4.54. The van der Waals surface area contributed by atoms with Crippen LogP contribution in [-0.2, 0) is 20.6 Å². The monoisotopic (exact) mass is 367 g/mol. The summed E-state index contributed by atoms with van der Waals surface area (Å²) in [7, 11) is 2.96. The lowest BCUT2D eigenvalue weighted by molar-refractivity contribution is 0.459. The summed E-state index contributed by atoms with van der Waals surface area (Å²) in [6, 6.07) is 7.29. The number of para-hydroxylation sites is 1. The number of aromatic nitrogens is 5. The zero-order valence-electron chi connectivity index (χ0n) is 15.0. The van der Waals surface area contributed by atoms with Crippen LogP contribution >= 0.6 is 0 Å². The van der Waals surface area contributed by atoms with Gasteiger partial charge in [-0.1, -0.05) is 18.2 Å². The molecular weight excluding hydrogens is 350 g/mol. The van der Waals surface area contributed by atoms with Crippen LogP contribution in [0.1, 0.15) is 6.92 Å². The summed E-state index contributed by atoms with van der Waals surface area (Å²) in [6.07, 6.45) is 0. The molecule has 0 radical (unpaired) electrons. The molecule has 0 spiro atoms. The highest BCUT2D eigenvalue weighted by atomic mass is 16.3. The molecule has 0 atom stereocenters. The Morgan fingerprint density at radius 3 is 2.63 bits per heavy atom. The summed E-state index contributed by atoms with van der Waals surface area (Å²) < 4.78 is 3.92. The number of nitrogens with zero attached hydrogens (tertiary/aromatic N) is 6. The number of nitrogens with one attached hydrogen (secondary N) is 1. The minimum atomic E-state index is -0.467. The third-order valence-electron chi connectivity index (χ3n) is 4.54. The second-order valence-electron chi connectivity index (χ2n) is 6.10. The van der Waals surface area contributed by atoms with Crippen LogP contribution in [0.4, 0.5) is 11.6 Å². The first-order valence-electron chi connectivity index (χ1n) is 8.31. The second-order valence-corrected chi connectivity index (χ2v) is 6.10. The van der Waals surface area contributed by atoms with Gasteiger partial charge in [0.25, 0.3) is 11.5 Å². The highest BCUT2D eigenvalue weighted by molar-refractivity contribution is 5.94. The number of azo groups is 1. The topological polar surface area (TPSA) is 123 Å². The maximum Gasteiger partial charge on any atom is 0.332 e. The van der Waals surface area contributed by atoms with Crippen molar-refractivity contribution >= 4 is 33.7 Å². The normalized spacial score (nSPS) is 12.0. The zero-order chi connectivity index (χ0) is 19.3. The molecular formula is C17H17N7O3. The van der Waals surface area contributed by atoms with E-state index in [1.54, 1.807) is 11.6 Å².